The molecule has 3 nitrogen and oxygen atoms in total. The van der Waals surface area contributed by atoms with Gasteiger partial charge >= 0.3 is 6.16 Å². The molecule has 0 aromatic rings. The molecule has 0 N–H and O–H groups in total. The Hall–Kier alpha value is -1.25. The molecule has 3 atom stereocenters. The third kappa shape index (κ3) is 1.82. The van der Waals surface area contributed by atoms with Gasteiger partial charge in [-0.1, -0.05) is 31.1 Å². The molecule has 0 aromatic heterocycles. The summed E-state index contributed by atoms with van der Waals surface area (Å²) in [5.74, 6) is 0.767. The second-order valence-electron chi connectivity index (χ2n) is 6.55. The Morgan fingerprint density at radius 2 is 2.16 bits per heavy atom. The maximum Gasteiger partial charge on any atom is 0.509 e. The lowest BCUT2D eigenvalue weighted by molar-refractivity contribution is 0.00693. The number of carbonyl (C=O) groups is 1. The van der Waals surface area contributed by atoms with E-state index in [2.05, 4.69) is 26.8 Å². The van der Waals surface area contributed by atoms with Crippen molar-refractivity contribution in [3.63, 3.8) is 0 Å². The van der Waals surface area contributed by atoms with Crippen molar-refractivity contribution in [2.24, 2.45) is 11.8 Å². The van der Waals surface area contributed by atoms with Crippen molar-refractivity contribution in [3.05, 3.63) is 22.8 Å². The van der Waals surface area contributed by atoms with Gasteiger partial charge in [0.25, 0.3) is 0 Å². The van der Waals surface area contributed by atoms with E-state index < -0.39 is 11.8 Å². The number of hydrogen-bond acceptors (Lipinski definition) is 3. The van der Waals surface area contributed by atoms with Crippen LogP contribution in [-0.4, -0.2) is 17.9 Å². The lowest BCUT2D eigenvalue weighted by atomic mass is 9.80. The summed E-state index contributed by atoms with van der Waals surface area (Å²) in [6.07, 6.45) is 4.67. The van der Waals surface area contributed by atoms with Crippen LogP contribution in [0.2, 0.25) is 0 Å². The van der Waals surface area contributed by atoms with Crippen LogP contribution in [0, 0.1) is 11.8 Å². The smallest absolute Gasteiger partial charge is 0.426 e. The van der Waals surface area contributed by atoms with E-state index in [1.165, 1.54) is 16.7 Å². The molecule has 1 aliphatic heterocycles. The third-order valence-electron chi connectivity index (χ3n) is 5.05. The van der Waals surface area contributed by atoms with Gasteiger partial charge in [-0.25, -0.2) is 4.79 Å². The van der Waals surface area contributed by atoms with E-state index in [0.29, 0.717) is 11.8 Å². The summed E-state index contributed by atoms with van der Waals surface area (Å²) in [5, 5.41) is 0. The Balaban J connectivity index is 2.09. The molecule has 0 spiro atoms. The monoisotopic (exact) mass is 262 g/mol. The highest BCUT2D eigenvalue weighted by Crippen LogP contribution is 2.50. The van der Waals surface area contributed by atoms with E-state index in [9.17, 15) is 4.79 Å². The molecule has 1 heterocycles. The SMILES string of the molecule is CC1=C2C=C(C(C)C)C[C@H]3OC(=O)O[C@@]3(C)[C@@H]2CC1. The molecule has 0 radical (unpaired) electrons. The first-order chi connectivity index (χ1) is 8.91. The number of fused-ring (bicyclic) bond motifs is 3. The summed E-state index contributed by atoms with van der Waals surface area (Å²) in [7, 11) is 0. The minimum absolute atomic E-state index is 0.137. The van der Waals surface area contributed by atoms with Crippen LogP contribution in [0.4, 0.5) is 4.79 Å². The Kier molecular flexibility index (Phi) is 2.77. The molecule has 0 saturated carbocycles. The topological polar surface area (TPSA) is 35.5 Å². The van der Waals surface area contributed by atoms with Crippen LogP contribution in [0.1, 0.15) is 47.0 Å². The maximum absolute atomic E-state index is 11.6. The van der Waals surface area contributed by atoms with Gasteiger partial charge in [0.05, 0.1) is 0 Å². The maximum atomic E-state index is 11.6. The molecule has 1 saturated heterocycles. The van der Waals surface area contributed by atoms with Gasteiger partial charge in [0, 0.05) is 12.3 Å². The number of carbonyl (C=O) groups excluding carboxylic acids is 1. The van der Waals surface area contributed by atoms with Crippen molar-refractivity contribution in [1.29, 1.82) is 0 Å². The van der Waals surface area contributed by atoms with Crippen molar-refractivity contribution in [3.8, 4) is 0 Å². The molecule has 104 valence electrons. The average molecular weight is 262 g/mol. The van der Waals surface area contributed by atoms with Gasteiger partial charge in [-0.05, 0) is 38.2 Å². The van der Waals surface area contributed by atoms with E-state index in [0.717, 1.165) is 19.3 Å². The van der Waals surface area contributed by atoms with Crippen LogP contribution in [0.25, 0.3) is 0 Å². The number of rotatable bonds is 1. The molecule has 3 heteroatoms. The summed E-state index contributed by atoms with van der Waals surface area (Å²) < 4.78 is 11.0. The quantitative estimate of drug-likeness (QED) is 0.670. The van der Waals surface area contributed by atoms with Crippen LogP contribution < -0.4 is 0 Å². The van der Waals surface area contributed by atoms with Gasteiger partial charge in [0.15, 0.2) is 5.60 Å². The molecule has 3 rings (SSSR count). The predicted molar refractivity (Wildman–Crippen MR) is 72.7 cm³/mol. The number of allylic oxidation sites excluding steroid dienone is 2. The second kappa shape index (κ2) is 4.12. The zero-order valence-electron chi connectivity index (χ0n) is 12.2. The van der Waals surface area contributed by atoms with Gasteiger partial charge in [-0.3, -0.25) is 0 Å². The van der Waals surface area contributed by atoms with E-state index >= 15 is 0 Å². The van der Waals surface area contributed by atoms with E-state index in [1.54, 1.807) is 0 Å². The summed E-state index contributed by atoms with van der Waals surface area (Å²) in [6.45, 7) is 8.64. The van der Waals surface area contributed by atoms with Gasteiger partial charge in [0.1, 0.15) is 6.10 Å². The summed E-state index contributed by atoms with van der Waals surface area (Å²) in [4.78, 5) is 11.6. The predicted octanol–water partition coefficient (Wildman–Crippen LogP) is 3.99. The van der Waals surface area contributed by atoms with Crippen molar-refractivity contribution < 1.29 is 14.3 Å². The fourth-order valence-electron chi connectivity index (χ4n) is 3.69. The van der Waals surface area contributed by atoms with Gasteiger partial charge in [0.2, 0.25) is 0 Å². The first-order valence-electron chi connectivity index (χ1n) is 7.21. The highest BCUT2D eigenvalue weighted by Gasteiger charge is 2.56. The average Bonchev–Trinajstić information content (AvgIpc) is 2.77. The van der Waals surface area contributed by atoms with Gasteiger partial charge in [-0.15, -0.1) is 0 Å². The molecule has 2 aliphatic carbocycles. The van der Waals surface area contributed by atoms with Crippen LogP contribution >= 0.6 is 0 Å². The Bertz CT molecular complexity index is 486. The van der Waals surface area contributed by atoms with Crippen LogP contribution in [-0.2, 0) is 9.47 Å². The lowest BCUT2D eigenvalue weighted by Gasteiger charge is -2.32. The van der Waals surface area contributed by atoms with E-state index in [-0.39, 0.29) is 6.10 Å². The molecular weight excluding hydrogens is 240 g/mol. The molecular formula is C16H22O3. The van der Waals surface area contributed by atoms with Gasteiger partial charge in [-0.2, -0.15) is 0 Å². The van der Waals surface area contributed by atoms with Crippen LogP contribution in [0.3, 0.4) is 0 Å². The number of ether oxygens (including phenoxy) is 2. The summed E-state index contributed by atoms with van der Waals surface area (Å²) in [6, 6.07) is 0. The fraction of sp³-hybridized carbons (Fsp3) is 0.688. The zero-order valence-corrected chi connectivity index (χ0v) is 12.2. The molecule has 0 unspecified atom stereocenters. The van der Waals surface area contributed by atoms with E-state index in [1.807, 2.05) is 6.92 Å². The summed E-state index contributed by atoms with van der Waals surface area (Å²) >= 11 is 0. The first kappa shape index (κ1) is 12.8. The third-order valence-corrected chi connectivity index (χ3v) is 5.05. The minimum Gasteiger partial charge on any atom is -0.426 e. The molecule has 1 fully saturated rings. The Labute approximate surface area is 114 Å². The largest absolute Gasteiger partial charge is 0.509 e. The van der Waals surface area contributed by atoms with Crippen molar-refractivity contribution >= 4 is 6.16 Å². The second-order valence-corrected chi connectivity index (χ2v) is 6.55. The van der Waals surface area contributed by atoms with Gasteiger partial charge < -0.3 is 9.47 Å². The normalized spacial score (nSPS) is 37.5. The summed E-state index contributed by atoms with van der Waals surface area (Å²) in [5.41, 5.74) is 3.70. The van der Waals surface area contributed by atoms with E-state index in [4.69, 9.17) is 9.47 Å². The minimum atomic E-state index is -0.499. The van der Waals surface area contributed by atoms with Crippen molar-refractivity contribution in [2.75, 3.05) is 0 Å². The molecule has 0 amide bonds. The Morgan fingerprint density at radius 3 is 2.84 bits per heavy atom. The number of hydrogen-bond donors (Lipinski definition) is 0. The van der Waals surface area contributed by atoms with Crippen molar-refractivity contribution in [2.45, 2.75) is 58.7 Å². The first-order valence-corrected chi connectivity index (χ1v) is 7.21. The van der Waals surface area contributed by atoms with Crippen molar-refractivity contribution in [1.82, 2.24) is 0 Å². The fourth-order valence-corrected chi connectivity index (χ4v) is 3.69. The highest BCUT2D eigenvalue weighted by atomic mass is 16.8. The van der Waals surface area contributed by atoms with Crippen LogP contribution in [0.5, 0.6) is 0 Å². The Morgan fingerprint density at radius 1 is 1.42 bits per heavy atom. The van der Waals surface area contributed by atoms with Crippen LogP contribution in [0.15, 0.2) is 22.8 Å². The zero-order chi connectivity index (χ0) is 13.8. The standard InChI is InChI=1S/C16H22O3/c1-9(2)11-7-12-10(3)5-6-13(12)16(4)14(8-11)18-15(17)19-16/h7,9,13-14H,5-6,8H2,1-4H3/t13-,14-,16+/m1/s1. The molecule has 0 bridgehead atoms. The molecule has 19 heavy (non-hydrogen) atoms. The highest BCUT2D eigenvalue weighted by molar-refractivity contribution is 5.64. The molecule has 0 aromatic carbocycles. The molecule has 3 aliphatic rings. The lowest BCUT2D eigenvalue weighted by Crippen LogP contribution is -2.43.